The Hall–Kier alpha value is -1.42. The number of benzene rings is 1. The van der Waals surface area contributed by atoms with E-state index in [4.69, 9.17) is 10.5 Å². The van der Waals surface area contributed by atoms with E-state index < -0.39 is 0 Å². The van der Waals surface area contributed by atoms with Gasteiger partial charge in [-0.3, -0.25) is 0 Å². The van der Waals surface area contributed by atoms with Gasteiger partial charge < -0.3 is 10.5 Å². The molecular formula is C12H15FN2O. The fourth-order valence-corrected chi connectivity index (χ4v) is 1.66. The Morgan fingerprint density at radius 3 is 2.81 bits per heavy atom. The summed E-state index contributed by atoms with van der Waals surface area (Å²) in [7, 11) is 0. The van der Waals surface area contributed by atoms with Crippen molar-refractivity contribution in [1.29, 1.82) is 0 Å². The van der Waals surface area contributed by atoms with Crippen LogP contribution in [0.1, 0.15) is 18.4 Å². The summed E-state index contributed by atoms with van der Waals surface area (Å²) in [5.74, 6) is 0.365. The molecule has 3 nitrogen and oxygen atoms in total. The maximum absolute atomic E-state index is 12.7. The second-order valence-corrected chi connectivity index (χ2v) is 3.82. The highest BCUT2D eigenvalue weighted by molar-refractivity contribution is 5.95. The van der Waals surface area contributed by atoms with E-state index in [-0.39, 0.29) is 11.9 Å². The Balaban J connectivity index is 1.95. The lowest BCUT2D eigenvalue weighted by Crippen LogP contribution is -2.15. The average molecular weight is 222 g/mol. The number of aliphatic imine (C=N–C) groups is 1. The lowest BCUT2D eigenvalue weighted by molar-refractivity contribution is 0.211. The maximum atomic E-state index is 12.7. The minimum Gasteiger partial charge on any atom is -0.472 e. The summed E-state index contributed by atoms with van der Waals surface area (Å²) in [6.07, 6.45) is 1.99. The first-order valence-corrected chi connectivity index (χ1v) is 5.46. The molecule has 0 radical (unpaired) electrons. The van der Waals surface area contributed by atoms with E-state index in [1.54, 1.807) is 12.1 Å². The van der Waals surface area contributed by atoms with Crippen molar-refractivity contribution < 1.29 is 9.13 Å². The molecule has 0 spiro atoms. The Labute approximate surface area is 94.1 Å². The van der Waals surface area contributed by atoms with Crippen LogP contribution in [0.3, 0.4) is 0 Å². The zero-order valence-electron chi connectivity index (χ0n) is 9.03. The number of ether oxygens (including phenoxy) is 1. The van der Waals surface area contributed by atoms with Gasteiger partial charge in [-0.15, -0.1) is 0 Å². The summed E-state index contributed by atoms with van der Waals surface area (Å²) in [5, 5.41) is 0. The van der Waals surface area contributed by atoms with Crippen LogP contribution in [-0.4, -0.2) is 25.1 Å². The van der Waals surface area contributed by atoms with Gasteiger partial charge in [0.05, 0.1) is 6.54 Å². The van der Waals surface area contributed by atoms with Crippen LogP contribution in [0.4, 0.5) is 4.39 Å². The van der Waals surface area contributed by atoms with Crippen LogP contribution >= 0.6 is 0 Å². The van der Waals surface area contributed by atoms with E-state index in [1.165, 1.54) is 12.1 Å². The van der Waals surface area contributed by atoms with Crippen LogP contribution in [0.15, 0.2) is 29.3 Å². The van der Waals surface area contributed by atoms with E-state index in [2.05, 4.69) is 4.99 Å². The predicted molar refractivity (Wildman–Crippen MR) is 61.0 cm³/mol. The first-order chi connectivity index (χ1) is 7.79. The highest BCUT2D eigenvalue weighted by atomic mass is 19.1. The van der Waals surface area contributed by atoms with Gasteiger partial charge in [-0.1, -0.05) is 0 Å². The molecule has 2 rings (SSSR count). The molecule has 1 aliphatic heterocycles. The minimum absolute atomic E-state index is 0.128. The molecule has 2 N–H and O–H groups in total. The molecular weight excluding hydrogens is 207 g/mol. The molecule has 0 bridgehead atoms. The van der Waals surface area contributed by atoms with Crippen LogP contribution in [0.2, 0.25) is 0 Å². The van der Waals surface area contributed by atoms with Crippen LogP contribution in [0, 0.1) is 5.82 Å². The van der Waals surface area contributed by atoms with Crippen molar-refractivity contribution in [2.45, 2.75) is 18.9 Å². The van der Waals surface area contributed by atoms with E-state index in [1.807, 2.05) is 0 Å². The predicted octanol–water partition coefficient (Wildman–Crippen LogP) is 1.71. The SMILES string of the molecule is NCCCC1CN=C(c2ccc(F)cc2)O1. The van der Waals surface area contributed by atoms with E-state index >= 15 is 0 Å². The fourth-order valence-electron chi connectivity index (χ4n) is 1.66. The molecule has 1 heterocycles. The molecule has 86 valence electrons. The number of hydrogen-bond acceptors (Lipinski definition) is 3. The maximum Gasteiger partial charge on any atom is 0.216 e. The Kier molecular flexibility index (Phi) is 3.51. The number of nitrogens with two attached hydrogens (primary N) is 1. The first kappa shape index (κ1) is 11.1. The Morgan fingerprint density at radius 2 is 2.12 bits per heavy atom. The molecule has 0 amide bonds. The van der Waals surface area contributed by atoms with E-state index in [0.717, 1.165) is 18.4 Å². The van der Waals surface area contributed by atoms with Crippen molar-refractivity contribution in [3.8, 4) is 0 Å². The summed E-state index contributed by atoms with van der Waals surface area (Å²) in [4.78, 5) is 4.30. The van der Waals surface area contributed by atoms with Gasteiger partial charge in [-0.2, -0.15) is 0 Å². The zero-order valence-corrected chi connectivity index (χ0v) is 9.03. The smallest absolute Gasteiger partial charge is 0.216 e. The Bertz CT molecular complexity index is 375. The van der Waals surface area contributed by atoms with Crippen molar-refractivity contribution in [3.05, 3.63) is 35.6 Å². The quantitative estimate of drug-likeness (QED) is 0.843. The molecule has 1 aliphatic rings. The molecule has 0 saturated carbocycles. The van der Waals surface area contributed by atoms with Crippen LogP contribution in [0.5, 0.6) is 0 Å². The lowest BCUT2D eigenvalue weighted by Gasteiger charge is -2.10. The highest BCUT2D eigenvalue weighted by Crippen LogP contribution is 2.15. The highest BCUT2D eigenvalue weighted by Gasteiger charge is 2.20. The van der Waals surface area contributed by atoms with Gasteiger partial charge in [0.15, 0.2) is 0 Å². The molecule has 1 aromatic rings. The molecule has 1 unspecified atom stereocenters. The minimum atomic E-state index is -0.248. The Morgan fingerprint density at radius 1 is 1.38 bits per heavy atom. The molecule has 1 aromatic carbocycles. The van der Waals surface area contributed by atoms with Crippen LogP contribution in [0.25, 0.3) is 0 Å². The molecule has 16 heavy (non-hydrogen) atoms. The average Bonchev–Trinajstić information content (AvgIpc) is 2.76. The molecule has 0 aliphatic carbocycles. The van der Waals surface area contributed by atoms with Crippen LogP contribution < -0.4 is 5.73 Å². The van der Waals surface area contributed by atoms with Crippen molar-refractivity contribution in [1.82, 2.24) is 0 Å². The molecule has 4 heteroatoms. The third-order valence-corrected chi connectivity index (χ3v) is 2.54. The summed E-state index contributed by atoms with van der Waals surface area (Å²) >= 11 is 0. The van der Waals surface area contributed by atoms with Gasteiger partial charge in [0, 0.05) is 5.56 Å². The standard InChI is InChI=1S/C12H15FN2O/c13-10-5-3-9(4-6-10)12-15-8-11(16-12)2-1-7-14/h3-6,11H,1-2,7-8,14H2. The van der Waals surface area contributed by atoms with Crippen molar-refractivity contribution in [2.75, 3.05) is 13.1 Å². The van der Waals surface area contributed by atoms with Crippen molar-refractivity contribution in [2.24, 2.45) is 10.7 Å². The van der Waals surface area contributed by atoms with Crippen LogP contribution in [-0.2, 0) is 4.74 Å². The third kappa shape index (κ3) is 2.58. The summed E-state index contributed by atoms with van der Waals surface area (Å²) in [5.41, 5.74) is 6.26. The molecule has 0 saturated heterocycles. The molecule has 1 atom stereocenters. The van der Waals surface area contributed by atoms with E-state index in [0.29, 0.717) is 19.0 Å². The van der Waals surface area contributed by atoms with Gasteiger partial charge in [0.1, 0.15) is 11.9 Å². The normalized spacial score (nSPS) is 19.4. The van der Waals surface area contributed by atoms with Gasteiger partial charge >= 0.3 is 0 Å². The van der Waals surface area contributed by atoms with Gasteiger partial charge in [0.25, 0.3) is 0 Å². The van der Waals surface area contributed by atoms with Crippen molar-refractivity contribution >= 4 is 5.90 Å². The first-order valence-electron chi connectivity index (χ1n) is 5.46. The largest absolute Gasteiger partial charge is 0.472 e. The van der Waals surface area contributed by atoms with Gasteiger partial charge in [0.2, 0.25) is 5.90 Å². The van der Waals surface area contributed by atoms with Gasteiger partial charge in [-0.25, -0.2) is 9.38 Å². The number of rotatable bonds is 4. The van der Waals surface area contributed by atoms with Crippen molar-refractivity contribution in [3.63, 3.8) is 0 Å². The number of halogens is 1. The third-order valence-electron chi connectivity index (χ3n) is 2.54. The zero-order chi connectivity index (χ0) is 11.4. The second kappa shape index (κ2) is 5.07. The second-order valence-electron chi connectivity index (χ2n) is 3.82. The number of nitrogens with zero attached hydrogens (tertiary/aromatic N) is 1. The number of hydrogen-bond donors (Lipinski definition) is 1. The lowest BCUT2D eigenvalue weighted by atomic mass is 10.2. The van der Waals surface area contributed by atoms with Gasteiger partial charge in [-0.05, 0) is 43.7 Å². The summed E-state index contributed by atoms with van der Waals surface area (Å²) in [6, 6.07) is 6.18. The van der Waals surface area contributed by atoms with E-state index in [9.17, 15) is 4.39 Å². The monoisotopic (exact) mass is 222 g/mol. The fraction of sp³-hybridized carbons (Fsp3) is 0.417. The molecule has 0 fully saturated rings. The summed E-state index contributed by atoms with van der Waals surface area (Å²) < 4.78 is 18.4. The molecule has 0 aromatic heterocycles. The topological polar surface area (TPSA) is 47.6 Å². The summed E-state index contributed by atoms with van der Waals surface area (Å²) in [6.45, 7) is 1.35.